The van der Waals surface area contributed by atoms with Crippen molar-refractivity contribution in [2.24, 2.45) is 5.92 Å². The van der Waals surface area contributed by atoms with Crippen molar-refractivity contribution in [1.82, 2.24) is 14.9 Å². The van der Waals surface area contributed by atoms with Crippen LogP contribution >= 0.6 is 0 Å². The summed E-state index contributed by atoms with van der Waals surface area (Å²) in [6, 6.07) is 14.2. The number of carbonyl (C=O) groups is 2. The number of carbonyl (C=O) groups excluding carboxylic acids is 2. The number of ether oxygens (including phenoxy) is 2. The number of hydrogen-bond acceptors (Lipinski definition) is 7. The Balaban J connectivity index is 1.35. The summed E-state index contributed by atoms with van der Waals surface area (Å²) in [5.41, 5.74) is -0.947. The molecule has 0 spiro atoms. The molecule has 10 heteroatoms. The summed E-state index contributed by atoms with van der Waals surface area (Å²) in [6.07, 6.45) is 2.75. The molecule has 1 aromatic heterocycles. The van der Waals surface area contributed by atoms with Gasteiger partial charge in [-0.05, 0) is 61.4 Å². The second kappa shape index (κ2) is 10.7. The highest BCUT2D eigenvalue weighted by atomic mass is 19.1. The molecule has 3 aliphatic rings. The van der Waals surface area contributed by atoms with E-state index in [1.165, 1.54) is 28.8 Å². The van der Waals surface area contributed by atoms with Crippen LogP contribution < -0.4 is 10.9 Å². The summed E-state index contributed by atoms with van der Waals surface area (Å²) in [5.74, 6) is -1.79. The zero-order chi connectivity index (χ0) is 26.7. The van der Waals surface area contributed by atoms with E-state index >= 15 is 0 Å². The van der Waals surface area contributed by atoms with E-state index in [2.05, 4.69) is 10.3 Å². The third-order valence-corrected chi connectivity index (χ3v) is 7.19. The number of esters is 1. The maximum Gasteiger partial charge on any atom is 0.338 e. The van der Waals surface area contributed by atoms with Gasteiger partial charge in [0, 0.05) is 13.1 Å². The van der Waals surface area contributed by atoms with Gasteiger partial charge in [0.05, 0.1) is 12.2 Å². The fraction of sp³-hybridized carbons (Fsp3) is 0.357. The number of aromatic hydroxyl groups is 1. The normalized spacial score (nSPS) is 19.9. The third-order valence-electron chi connectivity index (χ3n) is 7.19. The Kier molecular flexibility index (Phi) is 7.24. The van der Waals surface area contributed by atoms with Crippen LogP contribution in [0, 0.1) is 11.7 Å². The number of rotatable bonds is 8. The monoisotopic (exact) mass is 521 g/mol. The van der Waals surface area contributed by atoms with E-state index in [1.807, 2.05) is 6.07 Å². The Morgan fingerprint density at radius 2 is 1.79 bits per heavy atom. The van der Waals surface area contributed by atoms with Gasteiger partial charge >= 0.3 is 5.97 Å². The van der Waals surface area contributed by atoms with Gasteiger partial charge in [-0.2, -0.15) is 0 Å². The van der Waals surface area contributed by atoms with Gasteiger partial charge in [-0.1, -0.05) is 30.3 Å². The third kappa shape index (κ3) is 5.17. The van der Waals surface area contributed by atoms with Gasteiger partial charge in [-0.25, -0.2) is 14.2 Å². The molecule has 9 nitrogen and oxygen atoms in total. The summed E-state index contributed by atoms with van der Waals surface area (Å²) in [6.45, 7) is 0.522. The largest absolute Gasteiger partial charge is 0.501 e. The molecule has 2 aromatic carbocycles. The molecule has 3 aromatic rings. The van der Waals surface area contributed by atoms with Crippen molar-refractivity contribution in [2.45, 2.75) is 44.4 Å². The molecule has 1 saturated carbocycles. The average molecular weight is 522 g/mol. The first-order chi connectivity index (χ1) is 18.4. The highest BCUT2D eigenvalue weighted by molar-refractivity contribution is 5.94. The van der Waals surface area contributed by atoms with E-state index in [9.17, 15) is 23.9 Å². The molecule has 1 amide bonds. The Morgan fingerprint density at radius 1 is 1.08 bits per heavy atom. The molecule has 198 valence electrons. The van der Waals surface area contributed by atoms with Crippen molar-refractivity contribution < 1.29 is 28.6 Å². The quantitative estimate of drug-likeness (QED) is 0.345. The first-order valence-electron chi connectivity index (χ1n) is 12.6. The molecule has 6 rings (SSSR count). The van der Waals surface area contributed by atoms with Crippen LogP contribution in [-0.4, -0.2) is 39.7 Å². The predicted molar refractivity (Wildman–Crippen MR) is 134 cm³/mol. The Bertz CT molecular complexity index is 1380. The van der Waals surface area contributed by atoms with Crippen LogP contribution in [0.3, 0.4) is 0 Å². The van der Waals surface area contributed by atoms with E-state index in [0.29, 0.717) is 36.3 Å². The highest BCUT2D eigenvalue weighted by Crippen LogP contribution is 2.45. The lowest BCUT2D eigenvalue weighted by molar-refractivity contribution is -0.0954. The van der Waals surface area contributed by atoms with Crippen LogP contribution in [0.5, 0.6) is 5.75 Å². The maximum absolute atomic E-state index is 13.2. The van der Waals surface area contributed by atoms with Crippen molar-refractivity contribution in [3.8, 4) is 5.75 Å². The van der Waals surface area contributed by atoms with E-state index < -0.39 is 34.6 Å². The van der Waals surface area contributed by atoms with Gasteiger partial charge in [0.25, 0.3) is 11.5 Å². The number of hydrogen-bond donors (Lipinski definition) is 2. The smallest absolute Gasteiger partial charge is 0.338 e. The van der Waals surface area contributed by atoms with Crippen LogP contribution in [0.4, 0.5) is 4.39 Å². The van der Waals surface area contributed by atoms with Gasteiger partial charge in [0.1, 0.15) is 23.8 Å². The lowest BCUT2D eigenvalue weighted by atomic mass is 9.80. The van der Waals surface area contributed by atoms with E-state index in [1.54, 1.807) is 24.3 Å². The topological polar surface area (TPSA) is 120 Å². The summed E-state index contributed by atoms with van der Waals surface area (Å²) in [7, 11) is 0. The molecule has 0 radical (unpaired) electrons. The molecule has 1 fully saturated rings. The average Bonchev–Trinajstić information content (AvgIpc) is 3.19. The second-order valence-corrected chi connectivity index (χ2v) is 9.65. The molecule has 38 heavy (non-hydrogen) atoms. The minimum absolute atomic E-state index is 0.00619. The van der Waals surface area contributed by atoms with Crippen LogP contribution in [0.25, 0.3) is 0 Å². The Hall–Kier alpha value is -4.05. The van der Waals surface area contributed by atoms with Crippen LogP contribution in [0.1, 0.15) is 57.9 Å². The summed E-state index contributed by atoms with van der Waals surface area (Å²) in [5, 5.41) is 13.2. The number of amides is 1. The van der Waals surface area contributed by atoms with Gasteiger partial charge < -0.3 is 19.9 Å². The predicted octanol–water partition coefficient (Wildman–Crippen LogP) is 3.29. The van der Waals surface area contributed by atoms with E-state index in [0.717, 1.165) is 12.8 Å². The standard InChI is InChI=1S/C28H28FN3O6/c29-21-8-6-18(7-9-21)16-30-24(34)22-23(33)25(35)32-17-19-10-12-28(13-11-19,27(32)31-22)38-15-14-37-26(36)20-4-2-1-3-5-20/h1-9,19,33H,10-17H2,(H,30,34). The summed E-state index contributed by atoms with van der Waals surface area (Å²) in [4.78, 5) is 42.9. The molecule has 2 N–H and O–H groups in total. The lowest BCUT2D eigenvalue weighted by Crippen LogP contribution is -2.39. The number of aromatic nitrogens is 2. The molecule has 0 saturated heterocycles. The van der Waals surface area contributed by atoms with Crippen LogP contribution in [-0.2, 0) is 28.2 Å². The summed E-state index contributed by atoms with van der Waals surface area (Å²) < 4.78 is 26.2. The number of fused-ring (bicyclic) bond motifs is 2. The van der Waals surface area contributed by atoms with E-state index in [4.69, 9.17) is 9.47 Å². The van der Waals surface area contributed by atoms with Crippen molar-refractivity contribution in [2.75, 3.05) is 13.2 Å². The summed E-state index contributed by atoms with van der Waals surface area (Å²) >= 11 is 0. The minimum Gasteiger partial charge on any atom is -0.501 e. The number of benzene rings is 2. The second-order valence-electron chi connectivity index (χ2n) is 9.65. The van der Waals surface area contributed by atoms with Crippen LogP contribution in [0.2, 0.25) is 0 Å². The molecule has 0 unspecified atom stereocenters. The SMILES string of the molecule is O=C(OCCOC12CCC(CC1)Cn1c2nc(C(=O)NCc2ccc(F)cc2)c(O)c1=O)c1ccccc1. The molecule has 0 atom stereocenters. The van der Waals surface area contributed by atoms with Gasteiger partial charge in [0.15, 0.2) is 5.69 Å². The first kappa shape index (κ1) is 25.6. The first-order valence-corrected chi connectivity index (χ1v) is 12.6. The van der Waals surface area contributed by atoms with Crippen LogP contribution in [0.15, 0.2) is 59.4 Å². The van der Waals surface area contributed by atoms with Gasteiger partial charge in [0.2, 0.25) is 5.75 Å². The molecular formula is C28H28FN3O6. The van der Waals surface area contributed by atoms with Gasteiger partial charge in [-0.3, -0.25) is 14.2 Å². The fourth-order valence-corrected chi connectivity index (χ4v) is 5.13. The fourth-order valence-electron chi connectivity index (χ4n) is 5.13. The zero-order valence-electron chi connectivity index (χ0n) is 20.7. The lowest BCUT2D eigenvalue weighted by Gasteiger charge is -2.36. The highest BCUT2D eigenvalue weighted by Gasteiger charge is 2.46. The Labute approximate surface area is 218 Å². The minimum atomic E-state index is -0.953. The molecule has 2 bridgehead atoms. The van der Waals surface area contributed by atoms with Crippen molar-refractivity contribution in [3.05, 3.63) is 93.4 Å². The number of nitrogens with one attached hydrogen (secondary N) is 1. The Morgan fingerprint density at radius 3 is 2.50 bits per heavy atom. The molecular weight excluding hydrogens is 493 g/mol. The maximum atomic E-state index is 13.2. The molecule has 2 aliphatic heterocycles. The van der Waals surface area contributed by atoms with Crippen molar-refractivity contribution in [3.63, 3.8) is 0 Å². The van der Waals surface area contributed by atoms with E-state index in [-0.39, 0.29) is 31.4 Å². The number of nitrogens with zero attached hydrogens (tertiary/aromatic N) is 2. The molecule has 1 aliphatic carbocycles. The van der Waals surface area contributed by atoms with Gasteiger partial charge in [-0.15, -0.1) is 0 Å². The zero-order valence-corrected chi connectivity index (χ0v) is 20.7. The molecule has 3 heterocycles. The van der Waals surface area contributed by atoms with Crippen molar-refractivity contribution in [1.29, 1.82) is 0 Å². The van der Waals surface area contributed by atoms with Crippen molar-refractivity contribution >= 4 is 11.9 Å². The number of halogens is 1.